The van der Waals surface area contributed by atoms with Crippen LogP contribution in [0.15, 0.2) is 24.3 Å². The Morgan fingerprint density at radius 1 is 0.909 bits per heavy atom. The van der Waals surface area contributed by atoms with Crippen molar-refractivity contribution in [2.75, 3.05) is 25.6 Å². The molecule has 0 unspecified atom stereocenters. The van der Waals surface area contributed by atoms with Crippen LogP contribution in [0.4, 0.5) is 11.4 Å². The van der Waals surface area contributed by atoms with Crippen molar-refractivity contribution in [2.45, 2.75) is 0 Å². The zero-order valence-corrected chi connectivity index (χ0v) is 6.96. The van der Waals surface area contributed by atoms with Crippen LogP contribution in [0.5, 0.6) is 0 Å². The molecule has 1 aromatic rings. The monoisotopic (exact) mass is 153 g/mol. The lowest BCUT2D eigenvalue weighted by molar-refractivity contribution is 1.02. The van der Waals surface area contributed by atoms with Gasteiger partial charge in [-0.1, -0.05) is 0 Å². The summed E-state index contributed by atoms with van der Waals surface area (Å²) in [6.07, 6.45) is 0. The van der Waals surface area contributed by atoms with E-state index in [1.807, 2.05) is 14.1 Å². The highest BCUT2D eigenvalue weighted by Gasteiger charge is 1.80. The minimum atomic E-state index is 0.749. The molecule has 0 atom stereocenters. The van der Waals surface area contributed by atoms with Gasteiger partial charge in [0.25, 0.3) is 0 Å². The van der Waals surface area contributed by atoms with Gasteiger partial charge in [-0.25, -0.2) is 0 Å². The summed E-state index contributed by atoms with van der Waals surface area (Å²) >= 11 is 0. The van der Waals surface area contributed by atoms with Crippen LogP contribution in [0.25, 0.3) is 0 Å². The summed E-state index contributed by atoms with van der Waals surface area (Å²) in [5, 5.41) is 2.75. The first-order valence-electron chi connectivity index (χ1n) is 3.40. The summed E-state index contributed by atoms with van der Waals surface area (Å²) in [5.41, 5.74) is 12.2. The van der Waals surface area contributed by atoms with Gasteiger partial charge >= 0.3 is 0 Å². The molecule has 0 amide bonds. The molecule has 0 aliphatic heterocycles. The molecule has 0 saturated carbocycles. The Morgan fingerprint density at radius 2 is 1.09 bits per heavy atom. The summed E-state index contributed by atoms with van der Waals surface area (Å²) in [7, 11) is 3.75. The van der Waals surface area contributed by atoms with Gasteiger partial charge in [-0.2, -0.15) is 0 Å². The Morgan fingerprint density at radius 3 is 1.27 bits per heavy atom. The van der Waals surface area contributed by atoms with Gasteiger partial charge in [0, 0.05) is 11.4 Å². The lowest BCUT2D eigenvalue weighted by atomic mass is 10.3. The number of anilines is 2. The lowest BCUT2D eigenvalue weighted by Crippen LogP contribution is -1.89. The molecule has 11 heavy (non-hydrogen) atoms. The number of nitrogen functional groups attached to an aromatic ring is 2. The second-order valence-electron chi connectivity index (χ2n) is 2.17. The molecular formula is C8H15N3. The van der Waals surface area contributed by atoms with Crippen LogP contribution >= 0.6 is 0 Å². The zero-order valence-electron chi connectivity index (χ0n) is 6.96. The van der Waals surface area contributed by atoms with E-state index >= 15 is 0 Å². The Bertz CT molecular complexity index is 160. The third-order valence-electron chi connectivity index (χ3n) is 0.936. The highest BCUT2D eigenvalue weighted by atomic mass is 14.7. The van der Waals surface area contributed by atoms with E-state index in [2.05, 4.69) is 5.32 Å². The number of rotatable bonds is 0. The predicted molar refractivity (Wildman–Crippen MR) is 50.3 cm³/mol. The second kappa shape index (κ2) is 5.56. The van der Waals surface area contributed by atoms with E-state index in [1.165, 1.54) is 0 Å². The molecule has 0 saturated heterocycles. The average Bonchev–Trinajstić information content (AvgIpc) is 1.97. The highest BCUT2D eigenvalue weighted by Crippen LogP contribution is 2.04. The maximum absolute atomic E-state index is 5.37. The summed E-state index contributed by atoms with van der Waals surface area (Å²) < 4.78 is 0. The molecule has 3 nitrogen and oxygen atoms in total. The molecule has 0 spiro atoms. The molecule has 0 radical (unpaired) electrons. The Hall–Kier alpha value is -1.22. The Balaban J connectivity index is 0.000000292. The second-order valence-corrected chi connectivity index (χ2v) is 2.17. The fourth-order valence-electron chi connectivity index (χ4n) is 0.496. The number of hydrogen-bond acceptors (Lipinski definition) is 3. The molecule has 5 N–H and O–H groups in total. The van der Waals surface area contributed by atoms with Crippen molar-refractivity contribution in [3.05, 3.63) is 24.3 Å². The lowest BCUT2D eigenvalue weighted by Gasteiger charge is -1.90. The van der Waals surface area contributed by atoms with Gasteiger partial charge in [-0.3, -0.25) is 0 Å². The molecule has 0 fully saturated rings. The predicted octanol–water partition coefficient (Wildman–Crippen LogP) is 0.687. The molecule has 1 aromatic carbocycles. The third-order valence-corrected chi connectivity index (χ3v) is 0.936. The van der Waals surface area contributed by atoms with Crippen molar-refractivity contribution >= 4 is 11.4 Å². The first kappa shape index (κ1) is 9.78. The first-order chi connectivity index (χ1) is 5.20. The van der Waals surface area contributed by atoms with E-state index in [0.717, 1.165) is 11.4 Å². The summed E-state index contributed by atoms with van der Waals surface area (Å²) in [6, 6.07) is 7.09. The third kappa shape index (κ3) is 5.24. The number of benzene rings is 1. The molecule has 0 bridgehead atoms. The number of nitrogens with one attached hydrogen (secondary N) is 1. The molecule has 0 heterocycles. The maximum Gasteiger partial charge on any atom is 0.0315 e. The van der Waals surface area contributed by atoms with Crippen LogP contribution in [-0.4, -0.2) is 14.1 Å². The first-order valence-corrected chi connectivity index (χ1v) is 3.40. The van der Waals surface area contributed by atoms with Gasteiger partial charge in [0.2, 0.25) is 0 Å². The van der Waals surface area contributed by atoms with Crippen molar-refractivity contribution < 1.29 is 0 Å². The van der Waals surface area contributed by atoms with Crippen molar-refractivity contribution in [1.29, 1.82) is 0 Å². The van der Waals surface area contributed by atoms with Crippen LogP contribution in [0.1, 0.15) is 0 Å². The van der Waals surface area contributed by atoms with E-state index in [4.69, 9.17) is 11.5 Å². The van der Waals surface area contributed by atoms with Crippen molar-refractivity contribution in [1.82, 2.24) is 5.32 Å². The minimum Gasteiger partial charge on any atom is -0.399 e. The van der Waals surface area contributed by atoms with E-state index in [9.17, 15) is 0 Å². The van der Waals surface area contributed by atoms with Gasteiger partial charge < -0.3 is 16.8 Å². The van der Waals surface area contributed by atoms with Crippen LogP contribution in [0.3, 0.4) is 0 Å². The largest absolute Gasteiger partial charge is 0.399 e. The van der Waals surface area contributed by atoms with E-state index in [-0.39, 0.29) is 0 Å². The fraction of sp³-hybridized carbons (Fsp3) is 0.250. The van der Waals surface area contributed by atoms with Crippen LogP contribution in [-0.2, 0) is 0 Å². The average molecular weight is 153 g/mol. The van der Waals surface area contributed by atoms with Gasteiger partial charge in [-0.15, -0.1) is 0 Å². The Labute approximate surface area is 67.4 Å². The highest BCUT2D eigenvalue weighted by molar-refractivity contribution is 5.47. The minimum absolute atomic E-state index is 0.749. The van der Waals surface area contributed by atoms with E-state index < -0.39 is 0 Å². The van der Waals surface area contributed by atoms with Crippen molar-refractivity contribution in [3.8, 4) is 0 Å². The normalized spacial score (nSPS) is 8.18. The molecule has 0 aromatic heterocycles. The van der Waals surface area contributed by atoms with Crippen LogP contribution in [0, 0.1) is 0 Å². The van der Waals surface area contributed by atoms with Gasteiger partial charge in [-0.05, 0) is 38.4 Å². The summed E-state index contributed by atoms with van der Waals surface area (Å²) in [4.78, 5) is 0. The van der Waals surface area contributed by atoms with Gasteiger partial charge in [0.1, 0.15) is 0 Å². The van der Waals surface area contributed by atoms with Crippen LogP contribution in [0.2, 0.25) is 0 Å². The zero-order chi connectivity index (χ0) is 8.69. The maximum atomic E-state index is 5.37. The molecule has 0 aliphatic rings. The molecule has 62 valence electrons. The van der Waals surface area contributed by atoms with Gasteiger partial charge in [0.05, 0.1) is 0 Å². The molecule has 0 aliphatic carbocycles. The number of nitrogens with two attached hydrogens (primary N) is 2. The number of hydrogen-bond donors (Lipinski definition) is 3. The van der Waals surface area contributed by atoms with E-state index in [1.54, 1.807) is 24.3 Å². The SMILES string of the molecule is CNC.Nc1ccc(N)cc1. The van der Waals surface area contributed by atoms with Crippen LogP contribution < -0.4 is 16.8 Å². The summed E-state index contributed by atoms with van der Waals surface area (Å²) in [5.74, 6) is 0. The van der Waals surface area contributed by atoms with Crippen molar-refractivity contribution in [3.63, 3.8) is 0 Å². The Kier molecular flexibility index (Phi) is 4.94. The summed E-state index contributed by atoms with van der Waals surface area (Å²) in [6.45, 7) is 0. The molecule has 3 heteroatoms. The van der Waals surface area contributed by atoms with Crippen molar-refractivity contribution in [2.24, 2.45) is 0 Å². The standard InChI is InChI=1S/C6H8N2.C2H7N/c7-5-1-2-6(8)4-3-5;1-3-2/h1-4H,7-8H2;3H,1-2H3. The smallest absolute Gasteiger partial charge is 0.0315 e. The van der Waals surface area contributed by atoms with E-state index in [0.29, 0.717) is 0 Å². The molecule has 1 rings (SSSR count). The fourth-order valence-corrected chi connectivity index (χ4v) is 0.496. The van der Waals surface area contributed by atoms with Gasteiger partial charge in [0.15, 0.2) is 0 Å². The molecular weight excluding hydrogens is 138 g/mol. The quantitative estimate of drug-likeness (QED) is 0.480. The topological polar surface area (TPSA) is 64.1 Å².